The highest BCUT2D eigenvalue weighted by atomic mass is 16.1. The van der Waals surface area contributed by atoms with Crippen LogP contribution in [0.15, 0.2) is 58.5 Å². The van der Waals surface area contributed by atoms with Gasteiger partial charge in [0.2, 0.25) is 5.82 Å². The van der Waals surface area contributed by atoms with Gasteiger partial charge in [0, 0.05) is 41.9 Å². The van der Waals surface area contributed by atoms with Gasteiger partial charge in [-0.25, -0.2) is 9.55 Å². The van der Waals surface area contributed by atoms with Gasteiger partial charge in [0.25, 0.3) is 5.56 Å². The molecule has 3 aromatic heterocycles. The zero-order valence-corrected chi connectivity index (χ0v) is 20.7. The zero-order valence-electron chi connectivity index (χ0n) is 20.7. The lowest BCUT2D eigenvalue weighted by molar-refractivity contribution is 0.738. The molecule has 0 radical (unpaired) electrons. The van der Waals surface area contributed by atoms with E-state index in [4.69, 9.17) is 9.97 Å². The minimum absolute atomic E-state index is 0.0514. The molecular formula is C27H30N8O. The van der Waals surface area contributed by atoms with Crippen LogP contribution in [0.2, 0.25) is 0 Å². The Morgan fingerprint density at radius 1 is 1.22 bits per heavy atom. The monoisotopic (exact) mass is 482 g/mol. The van der Waals surface area contributed by atoms with Gasteiger partial charge in [-0.05, 0) is 55.5 Å². The molecule has 5 rings (SSSR count). The van der Waals surface area contributed by atoms with Crippen molar-refractivity contribution in [2.24, 2.45) is 4.99 Å². The van der Waals surface area contributed by atoms with Gasteiger partial charge in [-0.1, -0.05) is 43.7 Å². The second kappa shape index (κ2) is 10.7. The molecule has 36 heavy (non-hydrogen) atoms. The summed E-state index contributed by atoms with van der Waals surface area (Å²) in [7, 11) is 0. The van der Waals surface area contributed by atoms with Crippen LogP contribution in [-0.2, 0) is 12.8 Å². The predicted molar refractivity (Wildman–Crippen MR) is 139 cm³/mol. The molecule has 0 saturated heterocycles. The zero-order chi connectivity index (χ0) is 24.9. The maximum absolute atomic E-state index is 13.7. The molecule has 1 atom stereocenters. The second-order valence-corrected chi connectivity index (χ2v) is 9.09. The molecule has 0 aromatic carbocycles. The number of aromatic nitrogens is 7. The summed E-state index contributed by atoms with van der Waals surface area (Å²) < 4.78 is 1.64. The number of dihydropyridines is 1. The fraction of sp³-hybridized carbons (Fsp3) is 0.370. The first kappa shape index (κ1) is 23.7. The second-order valence-electron chi connectivity index (χ2n) is 9.09. The van der Waals surface area contributed by atoms with Crippen molar-refractivity contribution >= 4 is 11.4 Å². The smallest absolute Gasteiger partial charge is 0.263 e. The number of pyridine rings is 1. The quantitative estimate of drug-likeness (QED) is 0.549. The Balaban J connectivity index is 1.46. The van der Waals surface area contributed by atoms with Crippen molar-refractivity contribution in [1.29, 1.82) is 0 Å². The average Bonchev–Trinajstić information content (AvgIpc) is 3.45. The van der Waals surface area contributed by atoms with Gasteiger partial charge in [-0.15, -0.1) is 10.2 Å². The van der Waals surface area contributed by atoms with Gasteiger partial charge >= 0.3 is 0 Å². The lowest BCUT2D eigenvalue weighted by atomic mass is 9.85. The summed E-state index contributed by atoms with van der Waals surface area (Å²) in [4.78, 5) is 27.9. The SMILES string of the molecule is CCCCc1nc(C)n(C2=NCCC=C2)c(=O)c1Cc1ccc([C@H]2CC=CC=C2c2nn[nH]n2)cn1. The molecule has 9 nitrogen and oxygen atoms in total. The van der Waals surface area contributed by atoms with Crippen LogP contribution in [0.4, 0.5) is 0 Å². The van der Waals surface area contributed by atoms with E-state index < -0.39 is 0 Å². The third-order valence-electron chi connectivity index (χ3n) is 6.63. The average molecular weight is 483 g/mol. The van der Waals surface area contributed by atoms with Gasteiger partial charge in [0.15, 0.2) is 0 Å². The Morgan fingerprint density at radius 3 is 2.86 bits per heavy atom. The maximum atomic E-state index is 13.7. The standard InChI is InChI=1S/C27H30N8O/c1-3-4-11-24-23(27(36)35(18(2)30-24)25-12-7-8-15-28-25)16-20-14-13-19(17-29-20)21-9-5-6-10-22(21)26-31-33-34-32-26/h5-7,10,12-14,17,21H,3-4,8-9,11,15-16H2,1-2H3,(H,31,32,33,34)/t21-/m1/s1. The number of tetrazole rings is 1. The normalized spacial score (nSPS) is 17.2. The molecule has 4 heterocycles. The molecular weight excluding hydrogens is 452 g/mol. The molecule has 1 aliphatic heterocycles. The Morgan fingerprint density at radius 2 is 2.14 bits per heavy atom. The van der Waals surface area contributed by atoms with Crippen LogP contribution in [0, 0.1) is 6.92 Å². The molecule has 0 saturated carbocycles. The van der Waals surface area contributed by atoms with Crippen molar-refractivity contribution in [3.05, 3.63) is 93.2 Å². The first-order valence-electron chi connectivity index (χ1n) is 12.5. The van der Waals surface area contributed by atoms with Crippen LogP contribution < -0.4 is 5.56 Å². The number of hydrogen-bond acceptors (Lipinski definition) is 7. The number of unbranched alkanes of at least 4 members (excludes halogenated alkanes) is 1. The molecule has 0 bridgehead atoms. The molecule has 1 N–H and O–H groups in total. The number of aliphatic imine (C=N–C) groups is 1. The van der Waals surface area contributed by atoms with E-state index in [0.29, 0.717) is 36.0 Å². The highest BCUT2D eigenvalue weighted by Crippen LogP contribution is 2.35. The first-order valence-corrected chi connectivity index (χ1v) is 12.5. The molecule has 0 spiro atoms. The molecule has 0 amide bonds. The number of aromatic amines is 1. The van der Waals surface area contributed by atoms with E-state index >= 15 is 0 Å². The Bertz CT molecular complexity index is 1390. The highest BCUT2D eigenvalue weighted by Gasteiger charge is 2.23. The molecule has 184 valence electrons. The topological polar surface area (TPSA) is 115 Å². The van der Waals surface area contributed by atoms with Gasteiger partial charge in [0.1, 0.15) is 11.7 Å². The first-order chi connectivity index (χ1) is 17.7. The summed E-state index contributed by atoms with van der Waals surface area (Å²) in [6.45, 7) is 4.71. The lowest BCUT2D eigenvalue weighted by Crippen LogP contribution is -2.34. The van der Waals surface area contributed by atoms with E-state index in [9.17, 15) is 4.79 Å². The van der Waals surface area contributed by atoms with Crippen molar-refractivity contribution in [2.45, 2.75) is 58.3 Å². The van der Waals surface area contributed by atoms with Crippen LogP contribution in [0.25, 0.3) is 5.57 Å². The van der Waals surface area contributed by atoms with Gasteiger partial charge < -0.3 is 0 Å². The van der Waals surface area contributed by atoms with Gasteiger partial charge in [-0.3, -0.25) is 14.8 Å². The van der Waals surface area contributed by atoms with Crippen molar-refractivity contribution < 1.29 is 0 Å². The van der Waals surface area contributed by atoms with Crippen LogP contribution in [0.3, 0.4) is 0 Å². The van der Waals surface area contributed by atoms with E-state index in [1.165, 1.54) is 0 Å². The van der Waals surface area contributed by atoms with E-state index in [2.05, 4.69) is 50.8 Å². The Labute approximate surface area is 209 Å². The lowest BCUT2D eigenvalue weighted by Gasteiger charge is -2.20. The summed E-state index contributed by atoms with van der Waals surface area (Å²) in [5.74, 6) is 2.03. The minimum Gasteiger partial charge on any atom is -0.268 e. The summed E-state index contributed by atoms with van der Waals surface area (Å²) in [6, 6.07) is 4.09. The van der Waals surface area contributed by atoms with Crippen LogP contribution in [-0.4, -0.2) is 47.5 Å². The van der Waals surface area contributed by atoms with E-state index in [1.807, 2.05) is 37.4 Å². The number of aryl methyl sites for hydroxylation is 2. The Kier molecular flexibility index (Phi) is 7.06. The number of rotatable bonds is 7. The summed E-state index contributed by atoms with van der Waals surface area (Å²) >= 11 is 0. The van der Waals surface area contributed by atoms with Gasteiger partial charge in [-0.2, -0.15) is 5.21 Å². The third-order valence-corrected chi connectivity index (χ3v) is 6.63. The number of hydrogen-bond donors (Lipinski definition) is 1. The highest BCUT2D eigenvalue weighted by molar-refractivity contribution is 5.95. The van der Waals surface area contributed by atoms with Crippen LogP contribution in [0.5, 0.6) is 0 Å². The molecule has 0 unspecified atom stereocenters. The summed E-state index contributed by atoms with van der Waals surface area (Å²) in [5, 5.41) is 14.6. The third kappa shape index (κ3) is 4.86. The Hall–Kier alpha value is -4.01. The number of nitrogens with one attached hydrogen (secondary N) is 1. The number of H-pyrrole nitrogens is 1. The number of nitrogens with zero attached hydrogens (tertiary/aromatic N) is 7. The molecule has 9 heteroatoms. The molecule has 1 aliphatic carbocycles. The largest absolute Gasteiger partial charge is 0.268 e. The van der Waals surface area contributed by atoms with Gasteiger partial charge in [0.05, 0.1) is 5.69 Å². The minimum atomic E-state index is -0.0514. The van der Waals surface area contributed by atoms with Crippen molar-refractivity contribution in [3.8, 4) is 0 Å². The fourth-order valence-electron chi connectivity index (χ4n) is 4.74. The predicted octanol–water partition coefficient (Wildman–Crippen LogP) is 3.73. The van der Waals surface area contributed by atoms with Crippen molar-refractivity contribution in [1.82, 2.24) is 35.2 Å². The van der Waals surface area contributed by atoms with Crippen LogP contribution in [0.1, 0.15) is 72.7 Å². The van der Waals surface area contributed by atoms with E-state index in [0.717, 1.165) is 54.6 Å². The summed E-state index contributed by atoms with van der Waals surface area (Å²) in [6.07, 6.45) is 17.0. The van der Waals surface area contributed by atoms with Crippen molar-refractivity contribution in [2.75, 3.05) is 6.54 Å². The summed E-state index contributed by atoms with van der Waals surface area (Å²) in [5.41, 5.74) is 4.43. The molecule has 0 fully saturated rings. The van der Waals surface area contributed by atoms with Crippen LogP contribution >= 0.6 is 0 Å². The molecule has 3 aromatic rings. The molecule has 2 aliphatic rings. The van der Waals surface area contributed by atoms with E-state index in [-0.39, 0.29) is 11.5 Å². The maximum Gasteiger partial charge on any atom is 0.263 e. The van der Waals surface area contributed by atoms with Crippen molar-refractivity contribution in [3.63, 3.8) is 0 Å². The fourth-order valence-corrected chi connectivity index (χ4v) is 4.74. The van der Waals surface area contributed by atoms with E-state index in [1.54, 1.807) is 4.57 Å². The number of allylic oxidation sites excluding steroid dienone is 5.